The van der Waals surface area contributed by atoms with Gasteiger partial charge in [0.1, 0.15) is 11.5 Å². The fourth-order valence-electron chi connectivity index (χ4n) is 2.97. The Morgan fingerprint density at radius 3 is 2.32 bits per heavy atom. The largest absolute Gasteiger partial charge is 0.481 e. The first-order valence-corrected chi connectivity index (χ1v) is 10.7. The lowest BCUT2D eigenvalue weighted by atomic mass is 10.1. The number of carboxylic acid groups (broad SMARTS) is 1. The Morgan fingerprint density at radius 2 is 1.68 bits per heavy atom. The Labute approximate surface area is 205 Å². The molecule has 0 aliphatic heterocycles. The van der Waals surface area contributed by atoms with Gasteiger partial charge in [0.15, 0.2) is 0 Å². The Kier molecular flexibility index (Phi) is 8.34. The summed E-state index contributed by atoms with van der Waals surface area (Å²) >= 11 is 11.8. The van der Waals surface area contributed by atoms with Gasteiger partial charge in [0, 0.05) is 23.4 Å². The zero-order chi connectivity index (χ0) is 24.7. The fraction of sp³-hybridized carbons (Fsp3) is 0.125. The normalized spacial score (nSPS) is 10.3. The van der Waals surface area contributed by atoms with Crippen molar-refractivity contribution in [3.63, 3.8) is 0 Å². The molecule has 0 saturated heterocycles. The monoisotopic (exact) mass is 502 g/mol. The van der Waals surface area contributed by atoms with Crippen LogP contribution in [0.3, 0.4) is 0 Å². The van der Waals surface area contributed by atoms with E-state index >= 15 is 0 Å². The lowest BCUT2D eigenvalue weighted by Gasteiger charge is -2.14. The van der Waals surface area contributed by atoms with Crippen molar-refractivity contribution in [2.45, 2.75) is 13.0 Å². The third-order valence-electron chi connectivity index (χ3n) is 4.61. The van der Waals surface area contributed by atoms with Crippen molar-refractivity contribution in [1.82, 2.24) is 5.32 Å². The number of aliphatic carboxylic acids is 1. The molecule has 176 valence electrons. The predicted molar refractivity (Wildman–Crippen MR) is 128 cm³/mol. The topological polar surface area (TPSA) is 114 Å². The summed E-state index contributed by atoms with van der Waals surface area (Å²) in [7, 11) is 1.25. The van der Waals surface area contributed by atoms with Crippen LogP contribution in [0.5, 0.6) is 11.5 Å². The molecule has 0 bridgehead atoms. The lowest BCUT2D eigenvalue weighted by Crippen LogP contribution is -2.22. The fourth-order valence-corrected chi connectivity index (χ4v) is 3.27. The number of alkyl carbamates (subject to hydrolysis) is 1. The van der Waals surface area contributed by atoms with Gasteiger partial charge in [0.2, 0.25) is 0 Å². The van der Waals surface area contributed by atoms with Gasteiger partial charge in [-0.1, -0.05) is 29.3 Å². The van der Waals surface area contributed by atoms with E-state index in [1.54, 1.807) is 54.6 Å². The summed E-state index contributed by atoms with van der Waals surface area (Å²) in [5.74, 6) is -0.424. The van der Waals surface area contributed by atoms with Crippen LogP contribution < -0.4 is 15.4 Å². The van der Waals surface area contributed by atoms with Crippen molar-refractivity contribution in [2.24, 2.45) is 0 Å². The van der Waals surface area contributed by atoms with E-state index in [4.69, 9.17) is 33.0 Å². The number of methoxy groups -OCH3 is 1. The highest BCUT2D eigenvalue weighted by Crippen LogP contribution is 2.28. The molecule has 0 aliphatic rings. The van der Waals surface area contributed by atoms with E-state index in [0.29, 0.717) is 38.9 Å². The molecule has 2 amide bonds. The highest BCUT2D eigenvalue weighted by molar-refractivity contribution is 6.42. The zero-order valence-corrected chi connectivity index (χ0v) is 19.4. The molecular weight excluding hydrogens is 483 g/mol. The third kappa shape index (κ3) is 6.87. The van der Waals surface area contributed by atoms with Crippen molar-refractivity contribution in [3.8, 4) is 11.5 Å². The van der Waals surface area contributed by atoms with Crippen LogP contribution in [0.1, 0.15) is 21.5 Å². The summed E-state index contributed by atoms with van der Waals surface area (Å²) in [5.41, 5.74) is 2.02. The molecule has 0 heterocycles. The van der Waals surface area contributed by atoms with Crippen molar-refractivity contribution in [3.05, 3.63) is 87.4 Å². The SMILES string of the molecule is COC(=O)NCc1cc(CC(=O)O)ccc1Oc1ccc(NC(=O)c2ccc(Cl)c(Cl)c2)cc1. The molecule has 0 fully saturated rings. The summed E-state index contributed by atoms with van der Waals surface area (Å²) in [5, 5.41) is 15.0. The van der Waals surface area contributed by atoms with E-state index in [-0.39, 0.29) is 23.9 Å². The van der Waals surface area contributed by atoms with Crippen LogP contribution in [0.4, 0.5) is 10.5 Å². The molecule has 3 N–H and O–H groups in total. The molecule has 3 rings (SSSR count). The van der Waals surface area contributed by atoms with Crippen molar-refractivity contribution >= 4 is 46.9 Å². The maximum atomic E-state index is 12.4. The Balaban J connectivity index is 1.73. The van der Waals surface area contributed by atoms with Crippen LogP contribution in [-0.4, -0.2) is 30.2 Å². The first-order valence-electron chi connectivity index (χ1n) is 9.95. The second kappa shape index (κ2) is 11.4. The van der Waals surface area contributed by atoms with Crippen LogP contribution in [0, 0.1) is 0 Å². The summed E-state index contributed by atoms with van der Waals surface area (Å²) in [6, 6.07) is 16.2. The number of nitrogens with one attached hydrogen (secondary N) is 2. The molecule has 0 unspecified atom stereocenters. The second-order valence-electron chi connectivity index (χ2n) is 7.07. The van der Waals surface area contributed by atoms with Gasteiger partial charge in [-0.05, 0) is 60.2 Å². The molecule has 10 heteroatoms. The number of hydrogen-bond acceptors (Lipinski definition) is 5. The number of carbonyl (C=O) groups is 3. The molecule has 3 aromatic carbocycles. The zero-order valence-electron chi connectivity index (χ0n) is 17.9. The average molecular weight is 503 g/mol. The smallest absolute Gasteiger partial charge is 0.407 e. The van der Waals surface area contributed by atoms with Gasteiger partial charge in [-0.15, -0.1) is 0 Å². The Morgan fingerprint density at radius 1 is 0.941 bits per heavy atom. The minimum absolute atomic E-state index is 0.0766. The van der Waals surface area contributed by atoms with Gasteiger partial charge in [0.05, 0.1) is 23.6 Å². The van der Waals surface area contributed by atoms with Crippen LogP contribution >= 0.6 is 23.2 Å². The van der Waals surface area contributed by atoms with E-state index in [2.05, 4.69) is 15.4 Å². The summed E-state index contributed by atoms with van der Waals surface area (Å²) in [6.07, 6.45) is -0.796. The number of halogens is 2. The number of carbonyl (C=O) groups excluding carboxylic acids is 2. The summed E-state index contributed by atoms with van der Waals surface area (Å²) in [6.45, 7) is 0.0766. The van der Waals surface area contributed by atoms with Gasteiger partial charge >= 0.3 is 12.1 Å². The van der Waals surface area contributed by atoms with E-state index in [9.17, 15) is 14.4 Å². The minimum Gasteiger partial charge on any atom is -0.481 e. The first-order chi connectivity index (χ1) is 16.2. The molecule has 34 heavy (non-hydrogen) atoms. The van der Waals surface area contributed by atoms with E-state index in [1.807, 2.05) is 0 Å². The molecule has 0 spiro atoms. The number of hydrogen-bond donors (Lipinski definition) is 3. The lowest BCUT2D eigenvalue weighted by molar-refractivity contribution is -0.136. The Bertz CT molecular complexity index is 1210. The van der Waals surface area contributed by atoms with Crippen molar-refractivity contribution < 1.29 is 29.0 Å². The summed E-state index contributed by atoms with van der Waals surface area (Å²) < 4.78 is 10.5. The van der Waals surface area contributed by atoms with Gasteiger partial charge in [-0.25, -0.2) is 4.79 Å². The molecule has 0 atom stereocenters. The van der Waals surface area contributed by atoms with Gasteiger partial charge in [-0.3, -0.25) is 9.59 Å². The number of rotatable bonds is 8. The molecule has 0 saturated carbocycles. The van der Waals surface area contributed by atoms with E-state index < -0.39 is 12.1 Å². The minimum atomic E-state index is -0.973. The van der Waals surface area contributed by atoms with Gasteiger partial charge in [-0.2, -0.15) is 0 Å². The van der Waals surface area contributed by atoms with Crippen molar-refractivity contribution in [2.75, 3.05) is 12.4 Å². The highest BCUT2D eigenvalue weighted by Gasteiger charge is 2.12. The van der Waals surface area contributed by atoms with Crippen LogP contribution in [0.15, 0.2) is 60.7 Å². The van der Waals surface area contributed by atoms with Gasteiger partial charge in [0.25, 0.3) is 5.91 Å². The average Bonchev–Trinajstić information content (AvgIpc) is 2.81. The van der Waals surface area contributed by atoms with Crippen LogP contribution in [0.2, 0.25) is 10.0 Å². The standard InChI is InChI=1S/C24H20Cl2N2O6/c1-33-24(32)27-13-16-10-14(11-22(29)30)2-9-21(16)34-18-6-4-17(5-7-18)28-23(31)15-3-8-19(25)20(26)12-15/h2-10,12H,11,13H2,1H3,(H,27,32)(H,28,31)(H,29,30). The maximum Gasteiger partial charge on any atom is 0.407 e. The Hall–Kier alpha value is -3.75. The molecular formula is C24H20Cl2N2O6. The van der Waals surface area contributed by atoms with E-state index in [1.165, 1.54) is 13.2 Å². The molecule has 8 nitrogen and oxygen atoms in total. The number of ether oxygens (including phenoxy) is 2. The molecule has 3 aromatic rings. The highest BCUT2D eigenvalue weighted by atomic mass is 35.5. The van der Waals surface area contributed by atoms with Gasteiger partial charge < -0.3 is 25.2 Å². The maximum absolute atomic E-state index is 12.4. The first kappa shape index (κ1) is 24.9. The molecule has 0 radical (unpaired) electrons. The third-order valence-corrected chi connectivity index (χ3v) is 5.35. The van der Waals surface area contributed by atoms with E-state index in [0.717, 1.165) is 0 Å². The van der Waals surface area contributed by atoms with Crippen LogP contribution in [-0.2, 0) is 22.5 Å². The number of amides is 2. The quantitative estimate of drug-likeness (QED) is 0.373. The number of anilines is 1. The van der Waals surface area contributed by atoms with Crippen molar-refractivity contribution in [1.29, 1.82) is 0 Å². The number of carboxylic acids is 1. The number of benzene rings is 3. The molecule has 0 aliphatic carbocycles. The van der Waals surface area contributed by atoms with Crippen LogP contribution in [0.25, 0.3) is 0 Å². The molecule has 0 aromatic heterocycles. The second-order valence-corrected chi connectivity index (χ2v) is 7.88. The predicted octanol–water partition coefficient (Wildman–Crippen LogP) is 5.52. The summed E-state index contributed by atoms with van der Waals surface area (Å²) in [4.78, 5) is 34.9.